The van der Waals surface area contributed by atoms with Crippen molar-refractivity contribution in [3.63, 3.8) is 0 Å². The van der Waals surface area contributed by atoms with Crippen LogP contribution < -0.4 is 10.4 Å². The van der Waals surface area contributed by atoms with Gasteiger partial charge in [0, 0.05) is 19.2 Å². The van der Waals surface area contributed by atoms with Gasteiger partial charge in [0.25, 0.3) is 5.89 Å². The van der Waals surface area contributed by atoms with Crippen LogP contribution in [0.3, 0.4) is 0 Å². The third-order valence-corrected chi connectivity index (χ3v) is 5.85. The van der Waals surface area contributed by atoms with Crippen LogP contribution in [0.15, 0.2) is 26.2 Å². The van der Waals surface area contributed by atoms with Gasteiger partial charge in [0.1, 0.15) is 0 Å². The van der Waals surface area contributed by atoms with Crippen LogP contribution in [0.5, 0.6) is 0 Å². The summed E-state index contributed by atoms with van der Waals surface area (Å²) in [6.07, 6.45) is -1.37. The first-order valence-electron chi connectivity index (χ1n) is 7.93. The smallest absolute Gasteiger partial charge is 0.337 e. The summed E-state index contributed by atoms with van der Waals surface area (Å²) >= 11 is -1.86. The van der Waals surface area contributed by atoms with Crippen molar-refractivity contribution in [1.29, 1.82) is 0 Å². The molecule has 3 aromatic rings. The first kappa shape index (κ1) is 18.1. The summed E-state index contributed by atoms with van der Waals surface area (Å²) in [4.78, 5) is 12.3. The van der Waals surface area contributed by atoms with Gasteiger partial charge in [0.05, 0.1) is 27.9 Å². The Balaban J connectivity index is 1.87. The highest BCUT2D eigenvalue weighted by Gasteiger charge is 2.42. The lowest BCUT2D eigenvalue weighted by atomic mass is 10.3. The molecule has 0 radical (unpaired) electrons. The minimum atomic E-state index is -3.00. The fourth-order valence-corrected chi connectivity index (χ4v) is 3.85. The monoisotopic (exact) mass is 401 g/mol. The van der Waals surface area contributed by atoms with Crippen LogP contribution in [0.25, 0.3) is 17.0 Å². The highest BCUT2D eigenvalue weighted by atomic mass is 32.2. The van der Waals surface area contributed by atoms with Crippen molar-refractivity contribution < 1.29 is 22.1 Å². The zero-order valence-corrected chi connectivity index (χ0v) is 15.0. The molecule has 4 rings (SSSR count). The quantitative estimate of drug-likeness (QED) is 0.656. The Morgan fingerprint density at radius 1 is 1.33 bits per heavy atom. The molecule has 0 bridgehead atoms. The topological polar surface area (TPSA) is 101 Å². The SMILES string of the molecule is Cn1c(=O)n(-c2nnc(C(F)F)o2)c2cc([S+]([O-])NC3(C)CC3)c(F)cc21. The standard InChI is InChI=1S/C15H14F3N5O3S/c1-15(3-4-15)21-27(25)10-6-9-8(5-7(10)16)22(2)14(24)23(9)13-20-19-12(26-13)11(17)18/h5-6,11,21H,3-4H2,1-2H3. The van der Waals surface area contributed by atoms with Gasteiger partial charge in [0.15, 0.2) is 5.82 Å². The summed E-state index contributed by atoms with van der Waals surface area (Å²) in [6.45, 7) is 1.87. The minimum absolute atomic E-state index is 0.111. The molecule has 2 heterocycles. The number of rotatable bonds is 5. The number of aryl methyl sites for hydroxylation is 1. The molecule has 1 atom stereocenters. The highest BCUT2D eigenvalue weighted by Crippen LogP contribution is 2.36. The molecular weight excluding hydrogens is 387 g/mol. The van der Waals surface area contributed by atoms with E-state index in [9.17, 15) is 22.5 Å². The lowest BCUT2D eigenvalue weighted by Gasteiger charge is -2.15. The zero-order chi connectivity index (χ0) is 19.5. The van der Waals surface area contributed by atoms with E-state index in [-0.39, 0.29) is 21.5 Å². The number of halogens is 3. The Bertz CT molecular complexity index is 1090. The minimum Gasteiger partial charge on any atom is -0.593 e. The van der Waals surface area contributed by atoms with Crippen molar-refractivity contribution in [2.75, 3.05) is 0 Å². The summed E-state index contributed by atoms with van der Waals surface area (Å²) in [5.41, 5.74) is -0.743. The number of alkyl halides is 2. The molecule has 0 amide bonds. The number of fused-ring (bicyclic) bond motifs is 1. The number of nitrogens with one attached hydrogen (secondary N) is 1. The summed E-state index contributed by atoms with van der Waals surface area (Å²) in [6, 6.07) is 1.79. The molecular formula is C15H14F3N5O3S. The molecule has 144 valence electrons. The maximum Gasteiger partial charge on any atom is 0.337 e. The van der Waals surface area contributed by atoms with E-state index < -0.39 is 41.2 Å². The third kappa shape index (κ3) is 3.03. The van der Waals surface area contributed by atoms with E-state index in [0.29, 0.717) is 0 Å². The fraction of sp³-hybridized carbons (Fsp3) is 0.400. The number of hydrogen-bond acceptors (Lipinski definition) is 6. The second-order valence-electron chi connectivity index (χ2n) is 6.60. The van der Waals surface area contributed by atoms with E-state index in [0.717, 1.165) is 28.0 Å². The van der Waals surface area contributed by atoms with Gasteiger partial charge in [-0.2, -0.15) is 8.78 Å². The molecule has 2 aromatic heterocycles. The molecule has 1 aromatic carbocycles. The van der Waals surface area contributed by atoms with Crippen molar-refractivity contribution in [1.82, 2.24) is 24.1 Å². The Labute approximate surface area is 153 Å². The van der Waals surface area contributed by atoms with Crippen molar-refractivity contribution in [3.05, 3.63) is 34.3 Å². The summed E-state index contributed by atoms with van der Waals surface area (Å²) < 4.78 is 62.1. The number of benzene rings is 1. The van der Waals surface area contributed by atoms with Gasteiger partial charge in [-0.1, -0.05) is 5.10 Å². The first-order valence-corrected chi connectivity index (χ1v) is 9.08. The molecule has 1 unspecified atom stereocenters. The maximum absolute atomic E-state index is 14.5. The van der Waals surface area contributed by atoms with Gasteiger partial charge in [-0.25, -0.2) is 13.8 Å². The normalized spacial score (nSPS) is 17.0. The van der Waals surface area contributed by atoms with E-state index >= 15 is 0 Å². The van der Waals surface area contributed by atoms with Crippen LogP contribution in [0, 0.1) is 5.82 Å². The van der Waals surface area contributed by atoms with Crippen LogP contribution in [0.2, 0.25) is 0 Å². The Kier molecular flexibility index (Phi) is 4.09. The Morgan fingerprint density at radius 2 is 2.04 bits per heavy atom. The molecule has 1 N–H and O–H groups in total. The van der Waals surface area contributed by atoms with Gasteiger partial charge >= 0.3 is 18.1 Å². The lowest BCUT2D eigenvalue weighted by molar-refractivity contribution is 0.115. The van der Waals surface area contributed by atoms with Gasteiger partial charge < -0.3 is 8.97 Å². The average Bonchev–Trinajstić information content (AvgIpc) is 3.04. The molecule has 0 saturated heterocycles. The third-order valence-electron chi connectivity index (χ3n) is 4.46. The zero-order valence-electron chi connectivity index (χ0n) is 14.2. The van der Waals surface area contributed by atoms with Crippen molar-refractivity contribution >= 4 is 22.4 Å². The van der Waals surface area contributed by atoms with Crippen LogP contribution in [-0.4, -0.2) is 29.4 Å². The van der Waals surface area contributed by atoms with Crippen molar-refractivity contribution in [2.24, 2.45) is 7.05 Å². The molecule has 1 fully saturated rings. The van der Waals surface area contributed by atoms with E-state index in [2.05, 4.69) is 14.9 Å². The van der Waals surface area contributed by atoms with Crippen molar-refractivity contribution in [3.8, 4) is 6.01 Å². The summed E-state index contributed by atoms with van der Waals surface area (Å²) in [5.74, 6) is -1.70. The lowest BCUT2D eigenvalue weighted by Crippen LogP contribution is -2.34. The maximum atomic E-state index is 14.5. The van der Waals surface area contributed by atoms with E-state index in [1.54, 1.807) is 0 Å². The van der Waals surface area contributed by atoms with E-state index in [1.165, 1.54) is 13.1 Å². The molecule has 27 heavy (non-hydrogen) atoms. The predicted octanol–water partition coefficient (Wildman–Crippen LogP) is 1.95. The number of nitrogens with zero attached hydrogens (tertiary/aromatic N) is 4. The fourth-order valence-electron chi connectivity index (χ4n) is 2.64. The molecule has 12 heteroatoms. The Morgan fingerprint density at radius 3 is 2.63 bits per heavy atom. The second-order valence-corrected chi connectivity index (χ2v) is 7.78. The average molecular weight is 401 g/mol. The van der Waals surface area contributed by atoms with Gasteiger partial charge in [-0.05, 0) is 19.8 Å². The molecule has 0 aliphatic heterocycles. The molecule has 8 nitrogen and oxygen atoms in total. The van der Waals surface area contributed by atoms with Crippen LogP contribution in [0.4, 0.5) is 13.2 Å². The van der Waals surface area contributed by atoms with Gasteiger partial charge in [0.2, 0.25) is 4.90 Å². The molecule has 1 aliphatic rings. The van der Waals surface area contributed by atoms with Crippen molar-refractivity contribution in [2.45, 2.75) is 36.6 Å². The Hall–Kier alpha value is -2.31. The van der Waals surface area contributed by atoms with Crippen LogP contribution in [0.1, 0.15) is 32.1 Å². The molecule has 0 spiro atoms. The van der Waals surface area contributed by atoms with Gasteiger partial charge in [-0.3, -0.25) is 4.57 Å². The second kappa shape index (κ2) is 6.11. The molecule has 1 saturated carbocycles. The number of hydrogen-bond donors (Lipinski definition) is 1. The van der Waals surface area contributed by atoms with Crippen LogP contribution >= 0.6 is 0 Å². The van der Waals surface area contributed by atoms with Gasteiger partial charge in [-0.15, -0.1) is 9.82 Å². The molecule has 1 aliphatic carbocycles. The highest BCUT2D eigenvalue weighted by molar-refractivity contribution is 7.89. The van der Waals surface area contributed by atoms with E-state index in [1.807, 2.05) is 6.92 Å². The number of imidazole rings is 1. The van der Waals surface area contributed by atoms with E-state index in [4.69, 9.17) is 4.42 Å². The largest absolute Gasteiger partial charge is 0.593 e. The predicted molar refractivity (Wildman–Crippen MR) is 88.5 cm³/mol. The number of aromatic nitrogens is 4. The summed E-state index contributed by atoms with van der Waals surface area (Å²) in [7, 11) is 1.38. The first-order chi connectivity index (χ1) is 12.7. The summed E-state index contributed by atoms with van der Waals surface area (Å²) in [5, 5.41) is 6.67. The van der Waals surface area contributed by atoms with Crippen LogP contribution in [-0.2, 0) is 18.4 Å².